The first-order valence-electron chi connectivity index (χ1n) is 0. The van der Waals surface area contributed by atoms with E-state index in [-0.39, 0.29) is 51.2 Å². The molecule has 6 heavy (non-hydrogen) atoms. The summed E-state index contributed by atoms with van der Waals surface area (Å²) in [6.07, 6.45) is 0. The molecule has 0 heterocycles. The Hall–Kier alpha value is 0.563. The average molecular weight is 185 g/mol. The van der Waals surface area contributed by atoms with Crippen molar-refractivity contribution in [3.05, 3.63) is 0 Å². The molecule has 6 heteroatoms. The van der Waals surface area contributed by atoms with Gasteiger partial charge in [0.25, 0.3) is 0 Å². The molecule has 0 bridgehead atoms. The summed E-state index contributed by atoms with van der Waals surface area (Å²) >= 11 is 0. The first-order valence-corrected chi connectivity index (χ1v) is 0. The van der Waals surface area contributed by atoms with Crippen LogP contribution < -0.4 is 6.15 Å². The van der Waals surface area contributed by atoms with Gasteiger partial charge in [0.2, 0.25) is 0 Å². The minimum Gasteiger partial charge on any atom is -0.269 e. The fourth-order valence-corrected chi connectivity index (χ4v) is 0. The smallest absolute Gasteiger partial charge is 0 e. The fraction of sp³-hybridized carbons (Fsp3) is 0. The van der Waals surface area contributed by atoms with Gasteiger partial charge in [-0.05, 0) is 0 Å². The summed E-state index contributed by atoms with van der Waals surface area (Å²) < 4.78 is 0. The number of nitrogens with zero attached hydrogens (tertiary/aromatic N) is 1. The van der Waals surface area contributed by atoms with Crippen LogP contribution in [0.2, 0.25) is 0 Å². The molecule has 41 valence electrons. The van der Waals surface area contributed by atoms with Gasteiger partial charge >= 0.3 is 0 Å². The quantitative estimate of drug-likeness (QED) is 0.480. The SMILES string of the molecule is F.F.F.F.[N].[Zr]. The van der Waals surface area contributed by atoms with Gasteiger partial charge < -0.3 is 0 Å². The molecule has 0 spiro atoms. The predicted molar refractivity (Wildman–Crippen MR) is 12.1 cm³/mol. The zero-order valence-electron chi connectivity index (χ0n) is 2.58. The molecule has 0 rings (SSSR count). The normalized spacial score (nSPS) is 0. The zero-order valence-corrected chi connectivity index (χ0v) is 5.04. The summed E-state index contributed by atoms with van der Waals surface area (Å²) in [4.78, 5) is 0. The molecular formula is H4F4NZr. The molecule has 0 aromatic carbocycles. The molecule has 0 fully saturated rings. The third-order valence-electron chi connectivity index (χ3n) is 0. The third kappa shape index (κ3) is 183. The molecule has 0 aliphatic rings. The van der Waals surface area contributed by atoms with Crippen LogP contribution in [0.25, 0.3) is 0 Å². The maximum absolute atomic E-state index is 0. The summed E-state index contributed by atoms with van der Waals surface area (Å²) in [5, 5.41) is 0. The molecule has 0 saturated carbocycles. The van der Waals surface area contributed by atoms with Gasteiger partial charge in [-0.15, -0.1) is 0 Å². The first-order chi connectivity index (χ1) is 0. The van der Waals surface area contributed by atoms with Gasteiger partial charge in [-0.2, -0.15) is 0 Å². The van der Waals surface area contributed by atoms with Crippen molar-refractivity contribution in [2.24, 2.45) is 0 Å². The Kier molecular flexibility index (Phi) is 39000. The van der Waals surface area contributed by atoms with Crippen LogP contribution in [0.5, 0.6) is 0 Å². The summed E-state index contributed by atoms with van der Waals surface area (Å²) in [7, 11) is 0. The van der Waals surface area contributed by atoms with E-state index >= 15 is 0 Å². The largest absolute Gasteiger partial charge is 0.269 e. The second-order valence-electron chi connectivity index (χ2n) is 0. The van der Waals surface area contributed by atoms with E-state index in [0.717, 1.165) is 0 Å². The van der Waals surface area contributed by atoms with Crippen molar-refractivity contribution in [3.63, 3.8) is 0 Å². The molecular weight excluding hydrogens is 181 g/mol. The first kappa shape index (κ1) is 641. The van der Waals surface area contributed by atoms with E-state index in [1.807, 2.05) is 0 Å². The van der Waals surface area contributed by atoms with E-state index in [2.05, 4.69) is 0 Å². The van der Waals surface area contributed by atoms with E-state index < -0.39 is 0 Å². The zero-order chi connectivity index (χ0) is 0. The van der Waals surface area contributed by atoms with Crippen molar-refractivity contribution in [1.29, 1.82) is 0 Å². The maximum atomic E-state index is 0. The van der Waals surface area contributed by atoms with E-state index in [0.29, 0.717) is 0 Å². The second-order valence-corrected chi connectivity index (χ2v) is 0. The van der Waals surface area contributed by atoms with Gasteiger partial charge in [0.05, 0.1) is 0 Å². The van der Waals surface area contributed by atoms with Crippen LogP contribution in [0.1, 0.15) is 0 Å². The Balaban J connectivity index is 0. The van der Waals surface area contributed by atoms with Crippen LogP contribution in [0, 0.1) is 0 Å². The number of hydrogen-bond acceptors (Lipinski definition) is 0. The molecule has 0 aromatic rings. The Bertz CT molecular complexity index is 7.51. The van der Waals surface area contributed by atoms with Crippen LogP contribution >= 0.6 is 0 Å². The standard InChI is InChI=1S/4FH.N.Zr/h4*1H;;. The van der Waals surface area contributed by atoms with Gasteiger partial charge in [-0.25, -0.2) is 0 Å². The molecule has 0 N–H and O–H groups in total. The van der Waals surface area contributed by atoms with Crippen molar-refractivity contribution in [2.45, 2.75) is 0 Å². The van der Waals surface area contributed by atoms with E-state index in [1.54, 1.807) is 0 Å². The van der Waals surface area contributed by atoms with Crippen molar-refractivity contribution < 1.29 is 45.0 Å². The monoisotopic (exact) mass is 184 g/mol. The van der Waals surface area contributed by atoms with Gasteiger partial charge in [0.15, 0.2) is 0 Å². The Morgan fingerprint density at radius 1 is 0.500 bits per heavy atom. The average Bonchev–Trinajstić information content (AvgIpc) is 0. The van der Waals surface area contributed by atoms with Crippen molar-refractivity contribution >= 4 is 0 Å². The summed E-state index contributed by atoms with van der Waals surface area (Å²) in [5.41, 5.74) is 0. The van der Waals surface area contributed by atoms with Crippen molar-refractivity contribution in [2.75, 3.05) is 0 Å². The van der Waals surface area contributed by atoms with Gasteiger partial charge in [0, 0.05) is 32.4 Å². The third-order valence-corrected chi connectivity index (χ3v) is 0. The van der Waals surface area contributed by atoms with Crippen LogP contribution in [-0.4, -0.2) is 0 Å². The molecule has 0 aromatic heterocycles. The number of rotatable bonds is 0. The minimum atomic E-state index is 0. The molecule has 0 saturated heterocycles. The van der Waals surface area contributed by atoms with Gasteiger partial charge in [-0.1, -0.05) is 0 Å². The fourth-order valence-electron chi connectivity index (χ4n) is 0. The Morgan fingerprint density at radius 3 is 0.500 bits per heavy atom. The maximum Gasteiger partial charge on any atom is 0 e. The van der Waals surface area contributed by atoms with Crippen LogP contribution in [0.4, 0.5) is 18.8 Å². The molecule has 0 atom stereocenters. The molecule has 0 amide bonds. The summed E-state index contributed by atoms with van der Waals surface area (Å²) in [6.45, 7) is 0. The van der Waals surface area contributed by atoms with Gasteiger partial charge in [0.1, 0.15) is 0 Å². The Morgan fingerprint density at radius 2 is 0.500 bits per heavy atom. The number of hydrogen-bond donors (Lipinski definition) is 0. The molecule has 3 radical (unpaired) electrons. The predicted octanol–water partition coefficient (Wildman–Crippen LogP) is 0.127. The van der Waals surface area contributed by atoms with Crippen molar-refractivity contribution in [3.8, 4) is 0 Å². The second kappa shape index (κ2) is 365. The van der Waals surface area contributed by atoms with E-state index in [9.17, 15) is 0 Å². The van der Waals surface area contributed by atoms with E-state index in [4.69, 9.17) is 0 Å². The van der Waals surface area contributed by atoms with Gasteiger partial charge in [-0.3, -0.25) is 18.8 Å². The topological polar surface area (TPSA) is 30.5 Å². The van der Waals surface area contributed by atoms with E-state index in [1.165, 1.54) is 0 Å². The summed E-state index contributed by atoms with van der Waals surface area (Å²) in [6, 6.07) is 0. The van der Waals surface area contributed by atoms with Crippen LogP contribution in [0.3, 0.4) is 0 Å². The molecule has 1 nitrogen and oxygen atoms in total. The molecule has 0 aliphatic carbocycles. The molecule has 0 aliphatic heterocycles. The van der Waals surface area contributed by atoms with Crippen LogP contribution in [0.15, 0.2) is 0 Å². The summed E-state index contributed by atoms with van der Waals surface area (Å²) in [5.74, 6) is 0. The van der Waals surface area contributed by atoms with Crippen molar-refractivity contribution in [1.82, 2.24) is 6.15 Å². The minimum absolute atomic E-state index is 0. The van der Waals surface area contributed by atoms with Crippen LogP contribution in [-0.2, 0) is 26.2 Å². The number of halogens is 4. The molecule has 0 unspecified atom stereocenters. The Labute approximate surface area is 51.7 Å².